The van der Waals surface area contributed by atoms with E-state index in [0.717, 1.165) is 11.1 Å². The Labute approximate surface area is 226 Å². The lowest BCUT2D eigenvalue weighted by Gasteiger charge is -2.32. The fraction of sp³-hybridized carbons (Fsp3) is 0.379. The molecule has 10 heteroatoms. The first-order valence-corrected chi connectivity index (χ1v) is 13.2. The van der Waals surface area contributed by atoms with Crippen LogP contribution in [0.25, 0.3) is 11.2 Å². The first-order chi connectivity index (χ1) is 19.0. The smallest absolute Gasteiger partial charge is 0.231 e. The van der Waals surface area contributed by atoms with Gasteiger partial charge in [0.1, 0.15) is 17.2 Å². The molecule has 2 bridgehead atoms. The number of rotatable bonds is 10. The van der Waals surface area contributed by atoms with Crippen molar-refractivity contribution >= 4 is 23.0 Å². The Bertz CT molecular complexity index is 1430. The first kappa shape index (κ1) is 25.6. The molecule has 39 heavy (non-hydrogen) atoms. The third kappa shape index (κ3) is 5.16. The van der Waals surface area contributed by atoms with E-state index in [-0.39, 0.29) is 29.9 Å². The molecule has 2 N–H and O–H groups in total. The summed E-state index contributed by atoms with van der Waals surface area (Å²) in [6.45, 7) is 5.53. The minimum Gasteiger partial charge on any atom is -0.374 e. The molecule has 4 aromatic rings. The number of imidazole rings is 1. The Balaban J connectivity index is 1.26. The molecule has 2 aromatic carbocycles. The molecule has 4 heterocycles. The molecule has 2 aromatic heterocycles. The van der Waals surface area contributed by atoms with Gasteiger partial charge in [0.25, 0.3) is 0 Å². The van der Waals surface area contributed by atoms with E-state index in [9.17, 15) is 4.79 Å². The Hall–Kier alpha value is -3.70. The minimum atomic E-state index is -0.697. The van der Waals surface area contributed by atoms with Gasteiger partial charge in [-0.25, -0.2) is 9.97 Å². The molecule has 0 unspecified atom stereocenters. The normalized spacial score (nSPS) is 24.0. The van der Waals surface area contributed by atoms with Gasteiger partial charge < -0.3 is 19.5 Å². The molecule has 1 amide bonds. The number of hydrogen-bond acceptors (Lipinski definition) is 8. The van der Waals surface area contributed by atoms with Crippen molar-refractivity contribution in [1.82, 2.24) is 24.8 Å². The van der Waals surface area contributed by atoms with E-state index >= 15 is 0 Å². The molecule has 0 aliphatic carbocycles. The second kappa shape index (κ2) is 10.8. The summed E-state index contributed by atoms with van der Waals surface area (Å²) in [5, 5.41) is 6.37. The average molecular weight is 529 g/mol. The van der Waals surface area contributed by atoms with Crippen LogP contribution in [0, 0.1) is 5.92 Å². The summed E-state index contributed by atoms with van der Waals surface area (Å²) in [4.78, 5) is 25.6. The number of amides is 1. The van der Waals surface area contributed by atoms with Crippen LogP contribution in [-0.2, 0) is 32.2 Å². The first-order valence-electron chi connectivity index (χ1n) is 13.2. The number of carbonyl (C=O) groups is 1. The number of nitrogens with zero attached hydrogens (tertiary/aromatic N) is 4. The van der Waals surface area contributed by atoms with Crippen LogP contribution in [0.3, 0.4) is 0 Å². The van der Waals surface area contributed by atoms with Crippen molar-refractivity contribution in [3.8, 4) is 0 Å². The van der Waals surface area contributed by atoms with Crippen LogP contribution in [0.4, 0.5) is 5.95 Å². The molecule has 0 radical (unpaired) electrons. The van der Waals surface area contributed by atoms with E-state index in [2.05, 4.69) is 37.7 Å². The van der Waals surface area contributed by atoms with Gasteiger partial charge in [0.05, 0.1) is 38.4 Å². The molecule has 0 spiro atoms. The highest BCUT2D eigenvalue weighted by molar-refractivity contribution is 5.91. The van der Waals surface area contributed by atoms with Gasteiger partial charge in [-0.15, -0.1) is 0 Å². The number of anilines is 1. The van der Waals surface area contributed by atoms with E-state index < -0.39 is 11.8 Å². The summed E-state index contributed by atoms with van der Waals surface area (Å²) in [6, 6.07) is 20.0. The van der Waals surface area contributed by atoms with Gasteiger partial charge in [0.15, 0.2) is 11.9 Å². The van der Waals surface area contributed by atoms with Crippen molar-refractivity contribution in [2.45, 2.75) is 51.0 Å². The molecule has 6 rings (SSSR count). The maximum Gasteiger partial charge on any atom is 0.231 e. The van der Waals surface area contributed by atoms with Gasteiger partial charge in [0.2, 0.25) is 11.9 Å². The summed E-state index contributed by atoms with van der Waals surface area (Å²) < 4.78 is 21.4. The number of hydrogen-bond donors (Lipinski definition) is 2. The van der Waals surface area contributed by atoms with Crippen molar-refractivity contribution in [3.63, 3.8) is 0 Å². The van der Waals surface area contributed by atoms with Crippen LogP contribution in [0.1, 0.15) is 31.2 Å². The van der Waals surface area contributed by atoms with Gasteiger partial charge in [-0.2, -0.15) is 4.98 Å². The van der Waals surface area contributed by atoms with Crippen molar-refractivity contribution in [3.05, 3.63) is 84.3 Å². The Morgan fingerprint density at radius 3 is 2.54 bits per heavy atom. The van der Waals surface area contributed by atoms with Crippen molar-refractivity contribution in [2.24, 2.45) is 5.92 Å². The third-order valence-corrected chi connectivity index (χ3v) is 7.22. The number of benzene rings is 2. The van der Waals surface area contributed by atoms with Crippen LogP contribution in [0.5, 0.6) is 0 Å². The monoisotopic (exact) mass is 528 g/mol. The van der Waals surface area contributed by atoms with Crippen molar-refractivity contribution in [1.29, 1.82) is 0 Å². The fourth-order valence-corrected chi connectivity index (χ4v) is 5.15. The third-order valence-electron chi connectivity index (χ3n) is 7.22. The van der Waals surface area contributed by atoms with Gasteiger partial charge in [-0.05, 0) is 11.1 Å². The zero-order valence-electron chi connectivity index (χ0n) is 22.0. The molecule has 0 saturated carbocycles. The molecule has 10 nitrogen and oxygen atoms in total. The molecular formula is C29H32N6O4. The fourth-order valence-electron chi connectivity index (χ4n) is 5.15. The lowest BCUT2D eigenvalue weighted by atomic mass is 10.00. The van der Waals surface area contributed by atoms with Gasteiger partial charge in [-0.3, -0.25) is 14.7 Å². The van der Waals surface area contributed by atoms with Crippen LogP contribution >= 0.6 is 0 Å². The van der Waals surface area contributed by atoms with Gasteiger partial charge in [-0.1, -0.05) is 74.5 Å². The van der Waals surface area contributed by atoms with Crippen LogP contribution < -0.4 is 10.6 Å². The predicted molar refractivity (Wildman–Crippen MR) is 145 cm³/mol. The number of carbonyl (C=O) groups excluding carboxylic acids is 1. The minimum absolute atomic E-state index is 0.151. The van der Waals surface area contributed by atoms with Crippen molar-refractivity contribution < 1.29 is 19.0 Å². The maximum atomic E-state index is 12.2. The van der Waals surface area contributed by atoms with Crippen LogP contribution in [0.2, 0.25) is 0 Å². The number of nitrogens with one attached hydrogen (secondary N) is 2. The molecule has 2 fully saturated rings. The highest BCUT2D eigenvalue weighted by Gasteiger charge is 2.62. The molecular weight excluding hydrogens is 496 g/mol. The molecule has 2 aliphatic heterocycles. The van der Waals surface area contributed by atoms with Crippen LogP contribution in [0.15, 0.2) is 73.2 Å². The SMILES string of the molecule is CC(C)C(=O)Nc1ncc2ncn([C@@H]3O[C@@]4(COCc5ccccc5)CN[C@@H]3[C@@H]4OCc3ccccc3)c2n1. The second-order valence-electron chi connectivity index (χ2n) is 10.4. The largest absolute Gasteiger partial charge is 0.374 e. The van der Waals surface area contributed by atoms with Gasteiger partial charge >= 0.3 is 0 Å². The lowest BCUT2D eigenvalue weighted by molar-refractivity contribution is -0.153. The topological polar surface area (TPSA) is 112 Å². The number of ether oxygens (including phenoxy) is 3. The van der Waals surface area contributed by atoms with Crippen LogP contribution in [-0.4, -0.2) is 56.3 Å². The van der Waals surface area contributed by atoms with E-state index in [4.69, 9.17) is 14.2 Å². The van der Waals surface area contributed by atoms with E-state index in [0.29, 0.717) is 37.5 Å². The number of aromatic nitrogens is 4. The molecule has 2 saturated heterocycles. The Kier molecular flexibility index (Phi) is 7.09. The van der Waals surface area contributed by atoms with Crippen molar-refractivity contribution in [2.75, 3.05) is 18.5 Å². The summed E-state index contributed by atoms with van der Waals surface area (Å²) in [7, 11) is 0. The zero-order valence-corrected chi connectivity index (χ0v) is 22.0. The van der Waals surface area contributed by atoms with E-state index in [1.54, 1.807) is 12.5 Å². The standard InChI is InChI=1S/C29H32N6O4/c1-19(2)26(36)34-28-30-13-22-25(33-28)35(18-32-22)27-23-24(38-15-21-11-7-4-8-12-21)29(39-27,16-31-23)17-37-14-20-9-5-3-6-10-20/h3-13,18-19,23-24,27,31H,14-17H2,1-2H3,(H,30,33,34,36)/t23-,24+,27-,29-/m1/s1. The average Bonchev–Trinajstić information content (AvgIpc) is 3.62. The Morgan fingerprint density at radius 2 is 1.82 bits per heavy atom. The van der Waals surface area contributed by atoms with E-state index in [1.165, 1.54) is 0 Å². The summed E-state index contributed by atoms with van der Waals surface area (Å²) >= 11 is 0. The Morgan fingerprint density at radius 1 is 1.10 bits per heavy atom. The second-order valence-corrected chi connectivity index (χ2v) is 10.4. The number of morpholine rings is 1. The zero-order chi connectivity index (χ0) is 26.8. The molecule has 202 valence electrons. The molecule has 2 aliphatic rings. The quantitative estimate of drug-likeness (QED) is 0.322. The summed E-state index contributed by atoms with van der Waals surface area (Å²) in [5.41, 5.74) is 2.68. The highest BCUT2D eigenvalue weighted by atomic mass is 16.6. The lowest BCUT2D eigenvalue weighted by Crippen LogP contribution is -2.47. The van der Waals surface area contributed by atoms with Gasteiger partial charge in [0, 0.05) is 12.5 Å². The summed E-state index contributed by atoms with van der Waals surface area (Å²) in [5.74, 6) is -0.107. The summed E-state index contributed by atoms with van der Waals surface area (Å²) in [6.07, 6.45) is 2.61. The molecule has 4 atom stereocenters. The highest BCUT2D eigenvalue weighted by Crippen LogP contribution is 2.44. The maximum absolute atomic E-state index is 12.2. The predicted octanol–water partition coefficient (Wildman–Crippen LogP) is 3.46. The number of fused-ring (bicyclic) bond motifs is 3. The van der Waals surface area contributed by atoms with E-state index in [1.807, 2.05) is 66.9 Å².